The number of hydrogen-bond donors (Lipinski definition) is 5. The third-order valence-corrected chi connectivity index (χ3v) is 5.20. The van der Waals surface area contributed by atoms with Crippen LogP contribution in [0.2, 0.25) is 0 Å². The molecule has 1 heterocycles. The minimum absolute atomic E-state index is 0.0829. The van der Waals surface area contributed by atoms with Gasteiger partial charge in [-0.3, -0.25) is 19.2 Å². The highest BCUT2D eigenvalue weighted by Gasteiger charge is 2.24. The van der Waals surface area contributed by atoms with Crippen LogP contribution in [-0.4, -0.2) is 52.7 Å². The van der Waals surface area contributed by atoms with Gasteiger partial charge in [0, 0.05) is 6.42 Å². The van der Waals surface area contributed by atoms with Gasteiger partial charge >= 0.3 is 0 Å². The number of aromatic hydroxyl groups is 1. The molecule has 31 heavy (non-hydrogen) atoms. The van der Waals surface area contributed by atoms with Gasteiger partial charge in [0.25, 0.3) is 0 Å². The number of phenols is 1. The molecule has 10 nitrogen and oxygen atoms in total. The van der Waals surface area contributed by atoms with E-state index in [1.807, 2.05) is 13.8 Å². The van der Waals surface area contributed by atoms with Crippen LogP contribution in [0.1, 0.15) is 29.1 Å². The lowest BCUT2D eigenvalue weighted by molar-refractivity contribution is -0.129. The first-order valence-electron chi connectivity index (χ1n) is 9.51. The van der Waals surface area contributed by atoms with Crippen molar-refractivity contribution in [3.63, 3.8) is 0 Å². The molecule has 2 atom stereocenters. The van der Waals surface area contributed by atoms with Crippen molar-refractivity contribution in [1.82, 2.24) is 15.6 Å². The van der Waals surface area contributed by atoms with E-state index in [0.717, 1.165) is 11.3 Å². The number of carbonyl (C=O) groups excluding carboxylic acids is 4. The second kappa shape index (κ2) is 11.1. The molecule has 1 aromatic heterocycles. The van der Waals surface area contributed by atoms with E-state index in [9.17, 15) is 24.3 Å². The Morgan fingerprint density at radius 2 is 1.90 bits per heavy atom. The number of nitrogens with zero attached hydrogens (tertiary/aromatic N) is 1. The number of amides is 3. The van der Waals surface area contributed by atoms with Gasteiger partial charge < -0.3 is 26.8 Å². The van der Waals surface area contributed by atoms with Crippen LogP contribution in [0.5, 0.6) is 5.75 Å². The smallest absolute Gasteiger partial charge is 0.243 e. The normalized spacial score (nSPS) is 12.6. The average molecular weight is 448 g/mol. The first-order valence-corrected chi connectivity index (χ1v) is 10.3. The van der Waals surface area contributed by atoms with Crippen LogP contribution < -0.4 is 21.7 Å². The Labute approximate surface area is 183 Å². The molecule has 0 fully saturated rings. The number of nitrogens with one attached hydrogen (secondary N) is 3. The molecule has 0 aliphatic heterocycles. The highest BCUT2D eigenvalue weighted by Crippen LogP contribution is 2.19. The Bertz CT molecular complexity index is 928. The van der Waals surface area contributed by atoms with Crippen molar-refractivity contribution < 1.29 is 24.3 Å². The summed E-state index contributed by atoms with van der Waals surface area (Å²) in [5, 5.41) is 17.7. The SMILES string of the molecule is CC(C)C(Nc1ncc(C=O)s1)C(=O)NCC(=O)NC(Cc1ccc(O)cc1)C(N)=O. The van der Waals surface area contributed by atoms with Crippen LogP contribution in [0.4, 0.5) is 5.13 Å². The molecule has 0 radical (unpaired) electrons. The number of aldehydes is 1. The van der Waals surface area contributed by atoms with Crippen LogP contribution in [0, 0.1) is 5.92 Å². The van der Waals surface area contributed by atoms with E-state index in [1.165, 1.54) is 18.3 Å². The van der Waals surface area contributed by atoms with E-state index in [4.69, 9.17) is 5.73 Å². The fourth-order valence-corrected chi connectivity index (χ4v) is 3.36. The summed E-state index contributed by atoms with van der Waals surface area (Å²) in [6.07, 6.45) is 2.22. The standard InChI is InChI=1S/C20H25N5O5S/c1-11(2)17(25-20-23-8-14(10-26)31-20)19(30)22-9-16(28)24-15(18(21)29)7-12-3-5-13(27)6-4-12/h3-6,8,10-11,15,17,27H,7,9H2,1-2H3,(H2,21,29)(H,22,30)(H,23,25)(H,24,28). The molecule has 0 spiro atoms. The van der Waals surface area contributed by atoms with Gasteiger partial charge in [-0.05, 0) is 23.6 Å². The number of benzene rings is 1. The molecule has 1 aromatic carbocycles. The largest absolute Gasteiger partial charge is 0.508 e. The fraction of sp³-hybridized carbons (Fsp3) is 0.350. The Morgan fingerprint density at radius 1 is 1.23 bits per heavy atom. The quantitative estimate of drug-likeness (QED) is 0.312. The average Bonchev–Trinajstić information content (AvgIpc) is 3.19. The first-order chi connectivity index (χ1) is 14.7. The van der Waals surface area contributed by atoms with Crippen LogP contribution in [0.25, 0.3) is 0 Å². The highest BCUT2D eigenvalue weighted by atomic mass is 32.1. The molecule has 2 unspecified atom stereocenters. The Kier molecular flexibility index (Phi) is 8.50. The number of hydrogen-bond acceptors (Lipinski definition) is 8. The molecule has 0 bridgehead atoms. The zero-order valence-corrected chi connectivity index (χ0v) is 17.9. The lowest BCUT2D eigenvalue weighted by Crippen LogP contribution is -2.51. The zero-order valence-electron chi connectivity index (χ0n) is 17.1. The predicted molar refractivity (Wildman–Crippen MR) is 116 cm³/mol. The summed E-state index contributed by atoms with van der Waals surface area (Å²) in [5.74, 6) is -1.76. The van der Waals surface area contributed by atoms with E-state index in [2.05, 4.69) is 20.9 Å². The maximum atomic E-state index is 12.6. The van der Waals surface area contributed by atoms with Gasteiger partial charge in [-0.2, -0.15) is 0 Å². The number of thiazole rings is 1. The lowest BCUT2D eigenvalue weighted by atomic mass is 10.0. The number of aromatic nitrogens is 1. The van der Waals surface area contributed by atoms with E-state index in [1.54, 1.807) is 12.1 Å². The molecule has 11 heteroatoms. The highest BCUT2D eigenvalue weighted by molar-refractivity contribution is 7.17. The zero-order chi connectivity index (χ0) is 23.0. The van der Waals surface area contributed by atoms with Crippen LogP contribution in [-0.2, 0) is 20.8 Å². The minimum atomic E-state index is -0.968. The van der Waals surface area contributed by atoms with Gasteiger partial charge in [0.1, 0.15) is 17.8 Å². The maximum Gasteiger partial charge on any atom is 0.243 e. The van der Waals surface area contributed by atoms with Crippen molar-refractivity contribution in [3.8, 4) is 5.75 Å². The van der Waals surface area contributed by atoms with Crippen molar-refractivity contribution >= 4 is 40.5 Å². The van der Waals surface area contributed by atoms with Crippen LogP contribution >= 0.6 is 11.3 Å². The second-order valence-electron chi connectivity index (χ2n) is 7.16. The van der Waals surface area contributed by atoms with Crippen LogP contribution in [0.15, 0.2) is 30.5 Å². The van der Waals surface area contributed by atoms with Gasteiger partial charge in [-0.15, -0.1) is 0 Å². The summed E-state index contributed by atoms with van der Waals surface area (Å²) < 4.78 is 0. The maximum absolute atomic E-state index is 12.6. The van der Waals surface area contributed by atoms with Gasteiger partial charge in [0.15, 0.2) is 11.4 Å². The third-order valence-electron chi connectivity index (χ3n) is 4.35. The van der Waals surface area contributed by atoms with E-state index in [-0.39, 0.29) is 24.6 Å². The van der Waals surface area contributed by atoms with E-state index in [0.29, 0.717) is 21.9 Å². The summed E-state index contributed by atoms with van der Waals surface area (Å²) in [6.45, 7) is 3.30. The monoisotopic (exact) mass is 447 g/mol. The first kappa shape index (κ1) is 23.8. The molecule has 0 aliphatic rings. The van der Waals surface area contributed by atoms with E-state index >= 15 is 0 Å². The molecular formula is C20H25N5O5S. The molecule has 0 saturated heterocycles. The number of primary amides is 1. The topological polar surface area (TPSA) is 164 Å². The van der Waals surface area contributed by atoms with Crippen molar-refractivity contribution in [2.75, 3.05) is 11.9 Å². The summed E-state index contributed by atoms with van der Waals surface area (Å²) in [7, 11) is 0. The molecular weight excluding hydrogens is 422 g/mol. The number of rotatable bonds is 11. The van der Waals surface area contributed by atoms with E-state index < -0.39 is 29.8 Å². The number of anilines is 1. The molecule has 2 aromatic rings. The molecule has 0 aliphatic carbocycles. The number of phenolic OH excluding ortho intramolecular Hbond substituents is 1. The molecule has 6 N–H and O–H groups in total. The Hall–Kier alpha value is -3.47. The lowest BCUT2D eigenvalue weighted by Gasteiger charge is -2.21. The third kappa shape index (κ3) is 7.37. The van der Waals surface area contributed by atoms with Gasteiger partial charge in [0.2, 0.25) is 17.7 Å². The Morgan fingerprint density at radius 3 is 2.45 bits per heavy atom. The summed E-state index contributed by atoms with van der Waals surface area (Å²) in [4.78, 5) is 51.8. The van der Waals surface area contributed by atoms with Crippen LogP contribution in [0.3, 0.4) is 0 Å². The second-order valence-corrected chi connectivity index (χ2v) is 8.22. The van der Waals surface area contributed by atoms with Crippen molar-refractivity contribution in [1.29, 1.82) is 0 Å². The summed E-state index contributed by atoms with van der Waals surface area (Å²) in [6, 6.07) is 4.52. The van der Waals surface area contributed by atoms with Gasteiger partial charge in [0.05, 0.1) is 17.6 Å². The minimum Gasteiger partial charge on any atom is -0.508 e. The van der Waals surface area contributed by atoms with Crippen molar-refractivity contribution in [2.45, 2.75) is 32.4 Å². The number of carbonyl (C=O) groups is 4. The molecule has 166 valence electrons. The van der Waals surface area contributed by atoms with Crippen molar-refractivity contribution in [3.05, 3.63) is 40.9 Å². The van der Waals surface area contributed by atoms with Gasteiger partial charge in [-0.25, -0.2) is 4.98 Å². The fourth-order valence-electron chi connectivity index (χ4n) is 2.69. The summed E-state index contributed by atoms with van der Waals surface area (Å²) >= 11 is 1.12. The molecule has 0 saturated carbocycles. The number of nitrogens with two attached hydrogens (primary N) is 1. The molecule has 2 rings (SSSR count). The summed E-state index contributed by atoms with van der Waals surface area (Å²) in [5.41, 5.74) is 6.08. The Balaban J connectivity index is 1.91. The predicted octanol–water partition coefficient (Wildman–Crippen LogP) is 0.427. The molecule has 3 amide bonds. The van der Waals surface area contributed by atoms with Crippen molar-refractivity contribution in [2.24, 2.45) is 11.7 Å². The van der Waals surface area contributed by atoms with Gasteiger partial charge in [-0.1, -0.05) is 37.3 Å².